The van der Waals surface area contributed by atoms with Crippen molar-refractivity contribution in [3.05, 3.63) is 53.7 Å². The third-order valence-corrected chi connectivity index (χ3v) is 3.10. The maximum absolute atomic E-state index is 12.9. The van der Waals surface area contributed by atoms with Gasteiger partial charge in [-0.1, -0.05) is 6.92 Å². The summed E-state index contributed by atoms with van der Waals surface area (Å²) in [4.78, 5) is 2.03. The summed E-state index contributed by atoms with van der Waals surface area (Å²) in [5.41, 5.74) is 0.966. The quantitative estimate of drug-likeness (QED) is 0.784. The van der Waals surface area contributed by atoms with Crippen LogP contribution in [0.15, 0.2) is 40.8 Å². The van der Waals surface area contributed by atoms with Crippen LogP contribution >= 0.6 is 0 Å². The fraction of sp³-hybridized carbons (Fsp3) is 0.375. The first-order valence-corrected chi connectivity index (χ1v) is 6.94. The van der Waals surface area contributed by atoms with E-state index in [-0.39, 0.29) is 5.82 Å². The maximum Gasteiger partial charge on any atom is 0.123 e. The highest BCUT2D eigenvalue weighted by Crippen LogP contribution is 2.17. The van der Waals surface area contributed by atoms with Crippen LogP contribution in [0.1, 0.15) is 24.9 Å². The van der Waals surface area contributed by atoms with E-state index in [1.807, 2.05) is 24.1 Å². The van der Waals surface area contributed by atoms with Crippen LogP contribution in [0.2, 0.25) is 0 Å². The van der Waals surface area contributed by atoms with Crippen molar-refractivity contribution < 1.29 is 8.81 Å². The Morgan fingerprint density at radius 2 is 1.80 bits per heavy atom. The monoisotopic (exact) mass is 276 g/mol. The molecule has 2 aromatic rings. The fourth-order valence-corrected chi connectivity index (χ4v) is 2.01. The first-order chi connectivity index (χ1) is 9.69. The van der Waals surface area contributed by atoms with Crippen LogP contribution in [-0.2, 0) is 13.1 Å². The molecular weight excluding hydrogens is 255 g/mol. The second-order valence-corrected chi connectivity index (χ2v) is 4.88. The summed E-state index contributed by atoms with van der Waals surface area (Å²) < 4.78 is 18.7. The van der Waals surface area contributed by atoms with Gasteiger partial charge in [0, 0.05) is 12.7 Å². The van der Waals surface area contributed by atoms with Crippen molar-refractivity contribution >= 4 is 5.69 Å². The molecule has 0 bridgehead atoms. The lowest BCUT2D eigenvalue weighted by Gasteiger charge is -2.17. The minimum absolute atomic E-state index is 0.218. The molecule has 0 aliphatic heterocycles. The molecule has 0 aliphatic rings. The van der Waals surface area contributed by atoms with Crippen LogP contribution in [0.3, 0.4) is 0 Å². The Labute approximate surface area is 119 Å². The molecule has 0 fully saturated rings. The summed E-state index contributed by atoms with van der Waals surface area (Å²) in [5, 5.41) is 3.31. The van der Waals surface area contributed by atoms with Crippen LogP contribution in [0.5, 0.6) is 0 Å². The molecule has 0 atom stereocenters. The third kappa shape index (κ3) is 4.10. The van der Waals surface area contributed by atoms with Crippen LogP contribution in [0, 0.1) is 5.82 Å². The van der Waals surface area contributed by atoms with Gasteiger partial charge in [0.05, 0.1) is 13.1 Å². The summed E-state index contributed by atoms with van der Waals surface area (Å²) in [6, 6.07) is 10.4. The van der Waals surface area contributed by atoms with E-state index in [9.17, 15) is 4.39 Å². The molecule has 1 heterocycles. The zero-order valence-corrected chi connectivity index (χ0v) is 12.0. The number of hydrogen-bond donors (Lipinski definition) is 1. The van der Waals surface area contributed by atoms with Gasteiger partial charge in [-0.3, -0.25) is 0 Å². The van der Waals surface area contributed by atoms with E-state index in [0.29, 0.717) is 6.54 Å². The summed E-state index contributed by atoms with van der Waals surface area (Å²) in [6.07, 6.45) is 1.11. The molecule has 1 aromatic carbocycles. The molecule has 0 spiro atoms. The average molecular weight is 276 g/mol. The molecule has 2 rings (SSSR count). The van der Waals surface area contributed by atoms with Crippen molar-refractivity contribution in [1.82, 2.24) is 5.32 Å². The second-order valence-electron chi connectivity index (χ2n) is 4.88. The van der Waals surface area contributed by atoms with Gasteiger partial charge >= 0.3 is 0 Å². The lowest BCUT2D eigenvalue weighted by Crippen LogP contribution is -2.16. The highest BCUT2D eigenvalue weighted by molar-refractivity contribution is 5.45. The molecule has 0 aliphatic carbocycles. The van der Waals surface area contributed by atoms with Crippen molar-refractivity contribution in [2.45, 2.75) is 26.4 Å². The van der Waals surface area contributed by atoms with E-state index in [4.69, 9.17) is 4.42 Å². The van der Waals surface area contributed by atoms with E-state index < -0.39 is 0 Å². The van der Waals surface area contributed by atoms with Gasteiger partial charge < -0.3 is 14.6 Å². The van der Waals surface area contributed by atoms with E-state index in [0.717, 1.165) is 36.7 Å². The molecule has 3 nitrogen and oxygen atoms in total. The number of anilines is 1. The van der Waals surface area contributed by atoms with E-state index in [1.165, 1.54) is 12.1 Å². The molecular formula is C16H21FN2O. The smallest absolute Gasteiger partial charge is 0.123 e. The van der Waals surface area contributed by atoms with Crippen LogP contribution in [0.25, 0.3) is 0 Å². The number of furan rings is 1. The number of nitrogens with one attached hydrogen (secondary N) is 1. The normalized spacial score (nSPS) is 10.8. The van der Waals surface area contributed by atoms with Gasteiger partial charge in [0.15, 0.2) is 0 Å². The topological polar surface area (TPSA) is 28.4 Å². The summed E-state index contributed by atoms with van der Waals surface area (Å²) in [7, 11) is 1.96. The van der Waals surface area contributed by atoms with Crippen molar-refractivity contribution in [2.24, 2.45) is 0 Å². The van der Waals surface area contributed by atoms with Crippen molar-refractivity contribution in [1.29, 1.82) is 0 Å². The third-order valence-electron chi connectivity index (χ3n) is 3.10. The number of benzene rings is 1. The number of nitrogens with zero attached hydrogens (tertiary/aromatic N) is 1. The summed E-state index contributed by atoms with van der Waals surface area (Å²) >= 11 is 0. The SMILES string of the molecule is CCCNCc1ccc(CN(C)c2ccc(F)cc2)o1. The Balaban J connectivity index is 1.91. The van der Waals surface area contributed by atoms with Crippen molar-refractivity contribution in [3.8, 4) is 0 Å². The highest BCUT2D eigenvalue weighted by Gasteiger charge is 2.06. The minimum Gasteiger partial charge on any atom is -0.463 e. The molecule has 108 valence electrons. The van der Waals surface area contributed by atoms with Crippen molar-refractivity contribution in [2.75, 3.05) is 18.5 Å². The summed E-state index contributed by atoms with van der Waals surface area (Å²) in [6.45, 7) is 4.55. The van der Waals surface area contributed by atoms with E-state index in [1.54, 1.807) is 12.1 Å². The first kappa shape index (κ1) is 14.6. The molecule has 4 heteroatoms. The van der Waals surface area contributed by atoms with Crippen LogP contribution < -0.4 is 10.2 Å². The lowest BCUT2D eigenvalue weighted by molar-refractivity contribution is 0.446. The zero-order chi connectivity index (χ0) is 14.4. The zero-order valence-electron chi connectivity index (χ0n) is 12.0. The van der Waals surface area contributed by atoms with Gasteiger partial charge in [-0.2, -0.15) is 0 Å². The number of hydrogen-bond acceptors (Lipinski definition) is 3. The Morgan fingerprint density at radius 3 is 2.50 bits per heavy atom. The van der Waals surface area contributed by atoms with Gasteiger partial charge in [-0.15, -0.1) is 0 Å². The van der Waals surface area contributed by atoms with Gasteiger partial charge in [0.25, 0.3) is 0 Å². The lowest BCUT2D eigenvalue weighted by atomic mass is 10.3. The predicted octanol–water partition coefficient (Wildman–Crippen LogP) is 3.55. The predicted molar refractivity (Wildman–Crippen MR) is 79.2 cm³/mol. The first-order valence-electron chi connectivity index (χ1n) is 6.94. The minimum atomic E-state index is -0.218. The standard InChI is InChI=1S/C16H21FN2O/c1-3-10-18-11-15-8-9-16(20-15)12-19(2)14-6-4-13(17)5-7-14/h4-9,18H,3,10-12H2,1-2H3. The molecule has 1 aromatic heterocycles. The number of halogens is 1. The van der Waals surface area contributed by atoms with Gasteiger partial charge in [-0.05, 0) is 49.4 Å². The van der Waals surface area contributed by atoms with Gasteiger partial charge in [-0.25, -0.2) is 4.39 Å². The fourth-order valence-electron chi connectivity index (χ4n) is 2.01. The Kier molecular flexibility index (Phi) is 5.18. The molecule has 0 amide bonds. The molecule has 0 saturated carbocycles. The molecule has 0 unspecified atom stereocenters. The molecule has 1 N–H and O–H groups in total. The Hall–Kier alpha value is -1.81. The Morgan fingerprint density at radius 1 is 1.10 bits per heavy atom. The van der Waals surface area contributed by atoms with Crippen LogP contribution in [-0.4, -0.2) is 13.6 Å². The number of rotatable bonds is 7. The van der Waals surface area contributed by atoms with E-state index >= 15 is 0 Å². The van der Waals surface area contributed by atoms with Gasteiger partial charge in [0.1, 0.15) is 17.3 Å². The second kappa shape index (κ2) is 7.10. The molecule has 0 saturated heterocycles. The van der Waals surface area contributed by atoms with E-state index in [2.05, 4.69) is 12.2 Å². The average Bonchev–Trinajstić information content (AvgIpc) is 2.87. The van der Waals surface area contributed by atoms with Crippen molar-refractivity contribution in [3.63, 3.8) is 0 Å². The van der Waals surface area contributed by atoms with Gasteiger partial charge in [0.2, 0.25) is 0 Å². The highest BCUT2D eigenvalue weighted by atomic mass is 19.1. The van der Waals surface area contributed by atoms with Crippen LogP contribution in [0.4, 0.5) is 10.1 Å². The molecule has 20 heavy (non-hydrogen) atoms. The largest absolute Gasteiger partial charge is 0.463 e. The maximum atomic E-state index is 12.9. The summed E-state index contributed by atoms with van der Waals surface area (Å²) in [5.74, 6) is 1.63. The molecule has 0 radical (unpaired) electrons. The Bertz CT molecular complexity index is 522.